The van der Waals surface area contributed by atoms with E-state index in [-0.39, 0.29) is 5.91 Å². The first kappa shape index (κ1) is 15.0. The molecular formula is C17H20N2O2. The van der Waals surface area contributed by atoms with Gasteiger partial charge in [0, 0.05) is 25.0 Å². The van der Waals surface area contributed by atoms with Crippen molar-refractivity contribution in [2.45, 2.75) is 19.4 Å². The number of rotatable bonds is 4. The molecule has 0 radical (unpaired) electrons. The Morgan fingerprint density at radius 3 is 2.19 bits per heavy atom. The van der Waals surface area contributed by atoms with Gasteiger partial charge in [-0.2, -0.15) is 0 Å². The lowest BCUT2D eigenvalue weighted by atomic mass is 9.93. The van der Waals surface area contributed by atoms with E-state index in [2.05, 4.69) is 4.98 Å². The molecule has 0 saturated heterocycles. The third kappa shape index (κ3) is 3.05. The average molecular weight is 284 g/mol. The summed E-state index contributed by atoms with van der Waals surface area (Å²) in [7, 11) is 3.42. The molecule has 1 aromatic carbocycles. The number of methoxy groups -OCH3 is 1. The first-order chi connectivity index (χ1) is 9.96. The number of aromatic nitrogens is 1. The van der Waals surface area contributed by atoms with Crippen LogP contribution in [0, 0.1) is 0 Å². The summed E-state index contributed by atoms with van der Waals surface area (Å²) in [6, 6.07) is 11.0. The minimum Gasteiger partial charge on any atom is -0.497 e. The van der Waals surface area contributed by atoms with Gasteiger partial charge in [-0.3, -0.25) is 9.78 Å². The van der Waals surface area contributed by atoms with Crippen molar-refractivity contribution in [3.63, 3.8) is 0 Å². The van der Waals surface area contributed by atoms with Crippen LogP contribution in [0.15, 0.2) is 48.8 Å². The Morgan fingerprint density at radius 1 is 1.10 bits per heavy atom. The highest BCUT2D eigenvalue weighted by atomic mass is 16.5. The molecule has 0 aliphatic rings. The van der Waals surface area contributed by atoms with E-state index in [9.17, 15) is 4.79 Å². The van der Waals surface area contributed by atoms with Gasteiger partial charge in [-0.25, -0.2) is 0 Å². The maximum atomic E-state index is 12.6. The minimum absolute atomic E-state index is 0.0283. The van der Waals surface area contributed by atoms with Gasteiger partial charge in [-0.1, -0.05) is 0 Å². The molecule has 4 heteroatoms. The molecule has 0 unspecified atom stereocenters. The summed E-state index contributed by atoms with van der Waals surface area (Å²) in [5.41, 5.74) is 1.27. The summed E-state index contributed by atoms with van der Waals surface area (Å²) in [5.74, 6) is 0.710. The van der Waals surface area contributed by atoms with E-state index in [0.29, 0.717) is 5.56 Å². The number of carbonyl (C=O) groups excluding carboxylic acids is 1. The van der Waals surface area contributed by atoms with Gasteiger partial charge < -0.3 is 9.64 Å². The van der Waals surface area contributed by atoms with E-state index >= 15 is 0 Å². The summed E-state index contributed by atoms with van der Waals surface area (Å²) in [6.07, 6.45) is 3.48. The maximum Gasteiger partial charge on any atom is 0.254 e. The van der Waals surface area contributed by atoms with E-state index < -0.39 is 5.54 Å². The SMILES string of the molecule is COc1ccc(C(=O)N(C)C(C)(C)c2ccncc2)cc1. The minimum atomic E-state index is -0.417. The van der Waals surface area contributed by atoms with Gasteiger partial charge in [0.05, 0.1) is 12.6 Å². The number of pyridine rings is 1. The Kier molecular flexibility index (Phi) is 4.26. The van der Waals surface area contributed by atoms with Crippen molar-refractivity contribution in [1.82, 2.24) is 9.88 Å². The number of benzene rings is 1. The van der Waals surface area contributed by atoms with Crippen LogP contribution in [0.3, 0.4) is 0 Å². The smallest absolute Gasteiger partial charge is 0.254 e. The Morgan fingerprint density at radius 2 is 1.67 bits per heavy atom. The molecule has 0 saturated carbocycles. The number of amides is 1. The van der Waals surface area contributed by atoms with Crippen molar-refractivity contribution in [3.05, 3.63) is 59.9 Å². The van der Waals surface area contributed by atoms with Gasteiger partial charge in [0.15, 0.2) is 0 Å². The van der Waals surface area contributed by atoms with Crippen LogP contribution in [0.2, 0.25) is 0 Å². The Labute approximate surface area is 125 Å². The fraction of sp³-hybridized carbons (Fsp3) is 0.294. The third-order valence-corrected chi connectivity index (χ3v) is 3.87. The molecular weight excluding hydrogens is 264 g/mol. The van der Waals surface area contributed by atoms with E-state index in [4.69, 9.17) is 4.74 Å². The highest BCUT2D eigenvalue weighted by molar-refractivity contribution is 5.94. The van der Waals surface area contributed by atoms with Gasteiger partial charge in [0.25, 0.3) is 5.91 Å². The van der Waals surface area contributed by atoms with Crippen LogP contribution < -0.4 is 4.74 Å². The predicted molar refractivity (Wildman–Crippen MR) is 82.4 cm³/mol. The van der Waals surface area contributed by atoms with Crippen LogP contribution in [-0.2, 0) is 5.54 Å². The lowest BCUT2D eigenvalue weighted by Crippen LogP contribution is -2.42. The third-order valence-electron chi connectivity index (χ3n) is 3.87. The van der Waals surface area contributed by atoms with Gasteiger partial charge >= 0.3 is 0 Å². The molecule has 0 aliphatic heterocycles. The van der Waals surface area contributed by atoms with Gasteiger partial charge in [-0.05, 0) is 55.8 Å². The van der Waals surface area contributed by atoms with Crippen LogP contribution in [0.1, 0.15) is 29.8 Å². The Bertz CT molecular complexity index is 606. The average Bonchev–Trinajstić information content (AvgIpc) is 2.54. The molecule has 4 nitrogen and oxygen atoms in total. The van der Waals surface area contributed by atoms with E-state index in [1.54, 1.807) is 48.7 Å². The second-order valence-corrected chi connectivity index (χ2v) is 5.39. The fourth-order valence-electron chi connectivity index (χ4n) is 2.13. The molecule has 0 N–H and O–H groups in total. The van der Waals surface area contributed by atoms with E-state index in [1.807, 2.05) is 33.0 Å². The van der Waals surface area contributed by atoms with Gasteiger partial charge in [-0.15, -0.1) is 0 Å². The van der Waals surface area contributed by atoms with Crippen LogP contribution in [0.4, 0.5) is 0 Å². The second-order valence-electron chi connectivity index (χ2n) is 5.39. The molecule has 2 rings (SSSR count). The topological polar surface area (TPSA) is 42.4 Å². The van der Waals surface area contributed by atoms with E-state index in [0.717, 1.165) is 11.3 Å². The van der Waals surface area contributed by atoms with Crippen LogP contribution >= 0.6 is 0 Å². The maximum absolute atomic E-state index is 12.6. The zero-order chi connectivity index (χ0) is 15.5. The quantitative estimate of drug-likeness (QED) is 0.866. The lowest BCUT2D eigenvalue weighted by Gasteiger charge is -2.36. The highest BCUT2D eigenvalue weighted by Crippen LogP contribution is 2.27. The molecule has 1 aromatic heterocycles. The molecule has 1 amide bonds. The molecule has 110 valence electrons. The highest BCUT2D eigenvalue weighted by Gasteiger charge is 2.30. The Hall–Kier alpha value is -2.36. The lowest BCUT2D eigenvalue weighted by molar-refractivity contribution is 0.0622. The molecule has 0 fully saturated rings. The first-order valence-corrected chi connectivity index (χ1v) is 6.79. The summed E-state index contributed by atoms with van der Waals surface area (Å²) in [6.45, 7) is 4.04. The number of hydrogen-bond acceptors (Lipinski definition) is 3. The molecule has 0 bridgehead atoms. The second kappa shape index (κ2) is 5.95. The first-order valence-electron chi connectivity index (χ1n) is 6.79. The summed E-state index contributed by atoms with van der Waals surface area (Å²) >= 11 is 0. The molecule has 1 heterocycles. The van der Waals surface area contributed by atoms with Gasteiger partial charge in [0.1, 0.15) is 5.75 Å². The number of carbonyl (C=O) groups is 1. The van der Waals surface area contributed by atoms with Crippen molar-refractivity contribution in [3.8, 4) is 5.75 Å². The fourth-order valence-corrected chi connectivity index (χ4v) is 2.13. The monoisotopic (exact) mass is 284 g/mol. The molecule has 0 aliphatic carbocycles. The van der Waals surface area contributed by atoms with Crippen molar-refractivity contribution in [2.75, 3.05) is 14.2 Å². The van der Waals surface area contributed by atoms with Crippen molar-refractivity contribution in [1.29, 1.82) is 0 Å². The van der Waals surface area contributed by atoms with Crippen LogP contribution in [-0.4, -0.2) is 29.9 Å². The summed E-state index contributed by atoms with van der Waals surface area (Å²) < 4.78 is 5.11. The zero-order valence-corrected chi connectivity index (χ0v) is 12.8. The standard InChI is InChI=1S/C17H20N2O2/c1-17(2,14-9-11-18-12-10-14)19(3)16(20)13-5-7-15(21-4)8-6-13/h5-12H,1-4H3. The molecule has 0 atom stereocenters. The van der Waals surface area contributed by atoms with Gasteiger partial charge in [0.2, 0.25) is 0 Å². The molecule has 2 aromatic rings. The number of hydrogen-bond donors (Lipinski definition) is 0. The van der Waals surface area contributed by atoms with Crippen molar-refractivity contribution >= 4 is 5.91 Å². The number of nitrogens with zero attached hydrogens (tertiary/aromatic N) is 2. The van der Waals surface area contributed by atoms with Crippen molar-refractivity contribution < 1.29 is 9.53 Å². The summed E-state index contributed by atoms with van der Waals surface area (Å²) in [4.78, 5) is 18.4. The van der Waals surface area contributed by atoms with E-state index in [1.165, 1.54) is 0 Å². The van der Waals surface area contributed by atoms with Crippen molar-refractivity contribution in [2.24, 2.45) is 0 Å². The molecule has 21 heavy (non-hydrogen) atoms. The van der Waals surface area contributed by atoms with Crippen LogP contribution in [0.5, 0.6) is 5.75 Å². The Balaban J connectivity index is 2.25. The zero-order valence-electron chi connectivity index (χ0n) is 12.8. The number of ether oxygens (including phenoxy) is 1. The summed E-state index contributed by atoms with van der Waals surface area (Å²) in [5, 5.41) is 0. The molecule has 0 spiro atoms. The largest absolute Gasteiger partial charge is 0.497 e. The predicted octanol–water partition coefficient (Wildman–Crippen LogP) is 3.10. The normalized spacial score (nSPS) is 11.0. The van der Waals surface area contributed by atoms with Crippen LogP contribution in [0.25, 0.3) is 0 Å².